The molecule has 0 unspecified atom stereocenters. The van der Waals surface area contributed by atoms with Crippen molar-refractivity contribution in [3.63, 3.8) is 0 Å². The summed E-state index contributed by atoms with van der Waals surface area (Å²) < 4.78 is 0. The standard InChI is InChI=1S/C21H20N4S/c1-25(19-10-6-3-7-11-19)20-14-12-17(13-15-20)16-22-24-21(26)23-18-8-4-2-5-9-18/h2-16H,1H3,(H2,23,24,26). The molecule has 2 N–H and O–H groups in total. The molecule has 0 bridgehead atoms. The molecule has 0 aliphatic rings. The molecular formula is C21H20N4S. The molecule has 0 fully saturated rings. The van der Waals surface area contributed by atoms with Crippen LogP contribution in [0.5, 0.6) is 0 Å². The van der Waals surface area contributed by atoms with Gasteiger partial charge in [-0.1, -0.05) is 48.5 Å². The lowest BCUT2D eigenvalue weighted by Crippen LogP contribution is -2.23. The second-order valence-electron chi connectivity index (χ2n) is 5.68. The largest absolute Gasteiger partial charge is 0.345 e. The summed E-state index contributed by atoms with van der Waals surface area (Å²) in [6.45, 7) is 0. The molecule has 0 saturated heterocycles. The predicted molar refractivity (Wildman–Crippen MR) is 114 cm³/mol. The third-order valence-corrected chi connectivity index (χ3v) is 4.03. The summed E-state index contributed by atoms with van der Waals surface area (Å²) in [4.78, 5) is 2.14. The van der Waals surface area contributed by atoms with Crippen molar-refractivity contribution in [2.45, 2.75) is 0 Å². The third kappa shape index (κ3) is 4.91. The van der Waals surface area contributed by atoms with E-state index < -0.39 is 0 Å². The van der Waals surface area contributed by atoms with Crippen molar-refractivity contribution in [2.24, 2.45) is 5.10 Å². The first-order valence-corrected chi connectivity index (χ1v) is 8.67. The van der Waals surface area contributed by atoms with Crippen LogP contribution in [0.3, 0.4) is 0 Å². The maximum absolute atomic E-state index is 5.22. The van der Waals surface area contributed by atoms with Gasteiger partial charge in [0.05, 0.1) is 6.21 Å². The minimum atomic E-state index is 0.452. The molecule has 5 heteroatoms. The van der Waals surface area contributed by atoms with Crippen LogP contribution in [0.2, 0.25) is 0 Å². The van der Waals surface area contributed by atoms with Gasteiger partial charge in [0.2, 0.25) is 0 Å². The first kappa shape index (κ1) is 17.6. The Morgan fingerprint density at radius 1 is 0.846 bits per heavy atom. The molecule has 26 heavy (non-hydrogen) atoms. The van der Waals surface area contributed by atoms with Crippen LogP contribution >= 0.6 is 12.2 Å². The van der Waals surface area contributed by atoms with Gasteiger partial charge >= 0.3 is 0 Å². The highest BCUT2D eigenvalue weighted by molar-refractivity contribution is 7.80. The van der Waals surface area contributed by atoms with Crippen molar-refractivity contribution in [3.8, 4) is 0 Å². The van der Waals surface area contributed by atoms with Crippen LogP contribution in [-0.4, -0.2) is 18.4 Å². The Hall–Kier alpha value is -3.18. The second kappa shape index (κ2) is 8.78. The monoisotopic (exact) mass is 360 g/mol. The van der Waals surface area contributed by atoms with Crippen LogP contribution in [-0.2, 0) is 0 Å². The van der Waals surface area contributed by atoms with E-state index >= 15 is 0 Å². The molecule has 3 aromatic rings. The number of para-hydroxylation sites is 2. The fourth-order valence-electron chi connectivity index (χ4n) is 2.43. The van der Waals surface area contributed by atoms with E-state index in [1.54, 1.807) is 6.21 Å². The maximum atomic E-state index is 5.22. The molecule has 0 spiro atoms. The summed E-state index contributed by atoms with van der Waals surface area (Å²) >= 11 is 5.22. The lowest BCUT2D eigenvalue weighted by Gasteiger charge is -2.19. The summed E-state index contributed by atoms with van der Waals surface area (Å²) in [5.41, 5.74) is 7.00. The Bertz CT molecular complexity index is 862. The van der Waals surface area contributed by atoms with Crippen LogP contribution in [0, 0.1) is 0 Å². The molecule has 0 saturated carbocycles. The number of hydrazone groups is 1. The van der Waals surface area contributed by atoms with E-state index in [-0.39, 0.29) is 0 Å². The number of nitrogens with zero attached hydrogens (tertiary/aromatic N) is 2. The van der Waals surface area contributed by atoms with Gasteiger partial charge in [-0.25, -0.2) is 0 Å². The van der Waals surface area contributed by atoms with E-state index in [9.17, 15) is 0 Å². The lowest BCUT2D eigenvalue weighted by atomic mass is 10.2. The van der Waals surface area contributed by atoms with Crippen LogP contribution in [0.1, 0.15) is 5.56 Å². The first-order valence-electron chi connectivity index (χ1n) is 8.26. The van der Waals surface area contributed by atoms with E-state index in [0.717, 1.165) is 22.6 Å². The molecule has 4 nitrogen and oxygen atoms in total. The van der Waals surface area contributed by atoms with Gasteiger partial charge in [-0.3, -0.25) is 5.43 Å². The van der Waals surface area contributed by atoms with E-state index in [0.29, 0.717) is 5.11 Å². The van der Waals surface area contributed by atoms with E-state index in [4.69, 9.17) is 12.2 Å². The predicted octanol–water partition coefficient (Wildman–Crippen LogP) is 4.78. The molecule has 0 heterocycles. The van der Waals surface area contributed by atoms with Gasteiger partial charge < -0.3 is 10.2 Å². The number of nitrogens with one attached hydrogen (secondary N) is 2. The second-order valence-corrected chi connectivity index (χ2v) is 6.08. The summed E-state index contributed by atoms with van der Waals surface area (Å²) in [6.07, 6.45) is 1.74. The van der Waals surface area contributed by atoms with Gasteiger partial charge in [-0.05, 0) is 54.2 Å². The average molecular weight is 360 g/mol. The Labute approximate surface area is 159 Å². The molecular weight excluding hydrogens is 340 g/mol. The zero-order valence-electron chi connectivity index (χ0n) is 14.5. The maximum Gasteiger partial charge on any atom is 0.191 e. The highest BCUT2D eigenvalue weighted by Crippen LogP contribution is 2.22. The molecule has 0 aromatic heterocycles. The summed E-state index contributed by atoms with van der Waals surface area (Å²) in [5, 5.41) is 7.70. The van der Waals surface area contributed by atoms with Gasteiger partial charge in [-0.2, -0.15) is 5.10 Å². The summed E-state index contributed by atoms with van der Waals surface area (Å²) in [7, 11) is 2.05. The smallest absolute Gasteiger partial charge is 0.191 e. The molecule has 130 valence electrons. The molecule has 3 rings (SSSR count). The highest BCUT2D eigenvalue weighted by atomic mass is 32.1. The normalized spacial score (nSPS) is 10.5. The number of anilines is 3. The zero-order chi connectivity index (χ0) is 18.2. The fraction of sp³-hybridized carbons (Fsp3) is 0.0476. The quantitative estimate of drug-likeness (QED) is 0.390. The van der Waals surface area contributed by atoms with Crippen molar-refractivity contribution in [2.75, 3.05) is 17.3 Å². The van der Waals surface area contributed by atoms with Gasteiger partial charge in [0.25, 0.3) is 0 Å². The van der Waals surface area contributed by atoms with Crippen LogP contribution in [0.4, 0.5) is 17.1 Å². The van der Waals surface area contributed by atoms with Gasteiger partial charge in [0, 0.05) is 24.1 Å². The van der Waals surface area contributed by atoms with Crippen LogP contribution < -0.4 is 15.6 Å². The molecule has 3 aromatic carbocycles. The van der Waals surface area contributed by atoms with E-state index in [1.165, 1.54) is 0 Å². The molecule has 0 aliphatic heterocycles. The SMILES string of the molecule is CN(c1ccccc1)c1ccc(C=NNC(=S)Nc2ccccc2)cc1. The number of hydrogen-bond donors (Lipinski definition) is 2. The van der Waals surface area contributed by atoms with Crippen LogP contribution in [0.25, 0.3) is 0 Å². The Kier molecular flexibility index (Phi) is 5.96. The van der Waals surface area contributed by atoms with Crippen molar-refractivity contribution in [1.29, 1.82) is 0 Å². The van der Waals surface area contributed by atoms with Crippen molar-refractivity contribution in [1.82, 2.24) is 5.43 Å². The minimum Gasteiger partial charge on any atom is -0.345 e. The molecule has 0 aliphatic carbocycles. The average Bonchev–Trinajstić information content (AvgIpc) is 2.69. The summed E-state index contributed by atoms with van der Waals surface area (Å²) in [5.74, 6) is 0. The minimum absolute atomic E-state index is 0.452. The lowest BCUT2D eigenvalue weighted by molar-refractivity contribution is 1.05. The van der Waals surface area contributed by atoms with Crippen molar-refractivity contribution < 1.29 is 0 Å². The number of rotatable bonds is 5. The van der Waals surface area contributed by atoms with E-state index in [1.807, 2.05) is 67.7 Å². The molecule has 0 atom stereocenters. The van der Waals surface area contributed by atoms with Gasteiger partial charge in [0.15, 0.2) is 5.11 Å². The first-order chi connectivity index (χ1) is 12.7. The Morgan fingerprint density at radius 3 is 2.08 bits per heavy atom. The number of benzene rings is 3. The van der Waals surface area contributed by atoms with Gasteiger partial charge in [-0.15, -0.1) is 0 Å². The number of thiocarbonyl (C=S) groups is 1. The number of hydrogen-bond acceptors (Lipinski definition) is 3. The fourth-order valence-corrected chi connectivity index (χ4v) is 2.60. The van der Waals surface area contributed by atoms with Gasteiger partial charge in [0.1, 0.15) is 0 Å². The van der Waals surface area contributed by atoms with Crippen molar-refractivity contribution >= 4 is 40.6 Å². The zero-order valence-corrected chi connectivity index (χ0v) is 15.3. The van der Waals surface area contributed by atoms with E-state index in [2.05, 4.69) is 45.0 Å². The van der Waals surface area contributed by atoms with Crippen LogP contribution in [0.15, 0.2) is 90.0 Å². The Morgan fingerprint density at radius 2 is 1.42 bits per heavy atom. The Balaban J connectivity index is 1.55. The molecule has 0 amide bonds. The highest BCUT2D eigenvalue weighted by Gasteiger charge is 2.02. The topological polar surface area (TPSA) is 39.7 Å². The third-order valence-electron chi connectivity index (χ3n) is 3.84. The molecule has 0 radical (unpaired) electrons. The van der Waals surface area contributed by atoms with Crippen molar-refractivity contribution in [3.05, 3.63) is 90.5 Å². The summed E-state index contributed by atoms with van der Waals surface area (Å²) in [6, 6.07) is 28.2.